The lowest BCUT2D eigenvalue weighted by Gasteiger charge is -2.25. The van der Waals surface area contributed by atoms with Gasteiger partial charge in [0.2, 0.25) is 0 Å². The summed E-state index contributed by atoms with van der Waals surface area (Å²) in [4.78, 5) is 9.00. The van der Waals surface area contributed by atoms with Crippen molar-refractivity contribution in [1.82, 2.24) is 15.3 Å². The van der Waals surface area contributed by atoms with E-state index in [9.17, 15) is 0 Å². The van der Waals surface area contributed by atoms with Crippen LogP contribution in [-0.4, -0.2) is 17.0 Å². The highest BCUT2D eigenvalue weighted by molar-refractivity contribution is 5.40. The number of nitrogens with one attached hydrogen (secondary N) is 1. The Hall–Kier alpha value is -1.94. The van der Waals surface area contributed by atoms with Gasteiger partial charge in [-0.3, -0.25) is 9.97 Å². The van der Waals surface area contributed by atoms with E-state index in [1.54, 1.807) is 6.20 Å². The quantitative estimate of drug-likeness (QED) is 0.931. The zero-order chi connectivity index (χ0) is 15.6. The number of pyridine rings is 2. The summed E-state index contributed by atoms with van der Waals surface area (Å²) in [5.74, 6) is 1.53. The molecule has 112 valence electrons. The van der Waals surface area contributed by atoms with Gasteiger partial charge in [0.15, 0.2) is 5.75 Å². The first-order valence-electron chi connectivity index (χ1n) is 7.12. The topological polar surface area (TPSA) is 47.0 Å². The fourth-order valence-corrected chi connectivity index (χ4v) is 2.08. The predicted molar refractivity (Wildman–Crippen MR) is 84.8 cm³/mol. The van der Waals surface area contributed by atoms with E-state index in [0.717, 1.165) is 34.1 Å². The maximum atomic E-state index is 6.10. The third-order valence-corrected chi connectivity index (χ3v) is 3.82. The van der Waals surface area contributed by atoms with E-state index < -0.39 is 0 Å². The number of hydrogen-bond acceptors (Lipinski definition) is 4. The molecule has 2 heterocycles. The lowest BCUT2D eigenvalue weighted by atomic mass is 9.99. The van der Waals surface area contributed by atoms with E-state index in [1.807, 2.05) is 46.0 Å². The molecule has 4 heteroatoms. The maximum absolute atomic E-state index is 6.10. The molecule has 4 nitrogen and oxygen atoms in total. The van der Waals surface area contributed by atoms with Crippen molar-refractivity contribution in [3.8, 4) is 11.5 Å². The van der Waals surface area contributed by atoms with Crippen molar-refractivity contribution < 1.29 is 4.74 Å². The van der Waals surface area contributed by atoms with Crippen LogP contribution in [0.3, 0.4) is 0 Å². The van der Waals surface area contributed by atoms with Crippen molar-refractivity contribution in [2.75, 3.05) is 7.05 Å². The molecule has 0 atom stereocenters. The van der Waals surface area contributed by atoms with Crippen molar-refractivity contribution in [2.45, 2.75) is 40.2 Å². The van der Waals surface area contributed by atoms with Crippen LogP contribution >= 0.6 is 0 Å². The van der Waals surface area contributed by atoms with Crippen LogP contribution in [0.4, 0.5) is 0 Å². The minimum Gasteiger partial charge on any atom is -0.453 e. The largest absolute Gasteiger partial charge is 0.453 e. The number of hydrogen-bond donors (Lipinski definition) is 1. The van der Waals surface area contributed by atoms with Crippen LogP contribution < -0.4 is 10.1 Å². The Kier molecular flexibility index (Phi) is 4.28. The molecule has 0 radical (unpaired) electrons. The van der Waals surface area contributed by atoms with Gasteiger partial charge in [0.25, 0.3) is 0 Å². The average molecular weight is 285 g/mol. The summed E-state index contributed by atoms with van der Waals surface area (Å²) in [5, 5.41) is 3.26. The van der Waals surface area contributed by atoms with Gasteiger partial charge in [-0.25, -0.2) is 0 Å². The molecule has 0 aromatic carbocycles. The number of ether oxygens (including phenoxy) is 1. The third kappa shape index (κ3) is 3.22. The highest BCUT2D eigenvalue weighted by Gasteiger charge is 2.24. The lowest BCUT2D eigenvalue weighted by molar-refractivity contribution is 0.392. The number of aromatic nitrogens is 2. The molecule has 0 bridgehead atoms. The van der Waals surface area contributed by atoms with E-state index in [1.165, 1.54) is 0 Å². The minimum atomic E-state index is -0.266. The third-order valence-electron chi connectivity index (χ3n) is 3.82. The van der Waals surface area contributed by atoms with Gasteiger partial charge in [-0.05, 0) is 65.4 Å². The monoisotopic (exact) mass is 285 g/mol. The molecule has 0 aliphatic carbocycles. The molecular formula is C17H23N3O. The SMILES string of the molecule is CNC(C)(C)c1ncccc1Oc1cc(C)c(C)nc1C. The Morgan fingerprint density at radius 2 is 1.81 bits per heavy atom. The molecule has 0 saturated carbocycles. The van der Waals surface area contributed by atoms with Crippen LogP contribution in [0.2, 0.25) is 0 Å². The van der Waals surface area contributed by atoms with Crippen molar-refractivity contribution in [3.63, 3.8) is 0 Å². The summed E-state index contributed by atoms with van der Waals surface area (Å²) < 4.78 is 6.10. The van der Waals surface area contributed by atoms with Gasteiger partial charge in [-0.1, -0.05) is 0 Å². The van der Waals surface area contributed by atoms with Gasteiger partial charge in [-0.15, -0.1) is 0 Å². The fraction of sp³-hybridized carbons (Fsp3) is 0.412. The summed E-state index contributed by atoms with van der Waals surface area (Å²) in [6.45, 7) is 10.2. The van der Waals surface area contributed by atoms with Crippen LogP contribution in [0.15, 0.2) is 24.4 Å². The van der Waals surface area contributed by atoms with Crippen LogP contribution in [0, 0.1) is 20.8 Å². The second-order valence-corrected chi connectivity index (χ2v) is 5.80. The first-order chi connectivity index (χ1) is 9.85. The highest BCUT2D eigenvalue weighted by atomic mass is 16.5. The Balaban J connectivity index is 2.44. The standard InChI is InChI=1S/C17H23N3O/c1-11-10-15(13(3)20-12(11)2)21-14-8-7-9-19-16(14)17(4,5)18-6/h7-10,18H,1-6H3. The number of aryl methyl sites for hydroxylation is 3. The number of nitrogens with zero attached hydrogens (tertiary/aromatic N) is 2. The summed E-state index contributed by atoms with van der Waals surface area (Å²) in [6, 6.07) is 5.85. The summed E-state index contributed by atoms with van der Waals surface area (Å²) in [5.41, 5.74) is 3.65. The Morgan fingerprint density at radius 1 is 1.10 bits per heavy atom. The smallest absolute Gasteiger partial charge is 0.150 e. The van der Waals surface area contributed by atoms with Crippen molar-refractivity contribution >= 4 is 0 Å². The first kappa shape index (κ1) is 15.4. The predicted octanol–water partition coefficient (Wildman–Crippen LogP) is 3.65. The molecule has 0 spiro atoms. The first-order valence-corrected chi connectivity index (χ1v) is 7.12. The van der Waals surface area contributed by atoms with E-state index in [0.29, 0.717) is 0 Å². The molecule has 2 rings (SSSR count). The molecule has 0 amide bonds. The molecule has 0 saturated heterocycles. The Bertz CT molecular complexity index is 650. The lowest BCUT2D eigenvalue weighted by Crippen LogP contribution is -2.34. The molecule has 0 fully saturated rings. The van der Waals surface area contributed by atoms with Gasteiger partial charge in [0, 0.05) is 11.9 Å². The zero-order valence-corrected chi connectivity index (χ0v) is 13.6. The number of rotatable bonds is 4. The second-order valence-electron chi connectivity index (χ2n) is 5.80. The van der Waals surface area contributed by atoms with Gasteiger partial charge < -0.3 is 10.1 Å². The van der Waals surface area contributed by atoms with Crippen molar-refractivity contribution in [2.24, 2.45) is 0 Å². The molecular weight excluding hydrogens is 262 g/mol. The van der Waals surface area contributed by atoms with E-state index >= 15 is 0 Å². The summed E-state index contributed by atoms with van der Waals surface area (Å²) >= 11 is 0. The Morgan fingerprint density at radius 3 is 2.48 bits per heavy atom. The zero-order valence-electron chi connectivity index (χ0n) is 13.6. The molecule has 2 aromatic rings. The highest BCUT2D eigenvalue weighted by Crippen LogP contribution is 2.32. The summed E-state index contributed by atoms with van der Waals surface area (Å²) in [7, 11) is 1.92. The molecule has 0 unspecified atom stereocenters. The van der Waals surface area contributed by atoms with E-state index in [4.69, 9.17) is 4.74 Å². The Labute approximate surface area is 126 Å². The molecule has 0 aliphatic rings. The van der Waals surface area contributed by atoms with E-state index in [-0.39, 0.29) is 5.54 Å². The minimum absolute atomic E-state index is 0.266. The molecule has 1 N–H and O–H groups in total. The molecule has 0 aliphatic heterocycles. The van der Waals surface area contributed by atoms with Gasteiger partial charge in [0.05, 0.1) is 11.2 Å². The van der Waals surface area contributed by atoms with Crippen LogP contribution in [-0.2, 0) is 5.54 Å². The van der Waals surface area contributed by atoms with Crippen molar-refractivity contribution in [1.29, 1.82) is 0 Å². The molecule has 21 heavy (non-hydrogen) atoms. The molecule has 2 aromatic heterocycles. The van der Waals surface area contributed by atoms with Crippen LogP contribution in [0.25, 0.3) is 0 Å². The normalized spacial score (nSPS) is 11.5. The maximum Gasteiger partial charge on any atom is 0.150 e. The van der Waals surface area contributed by atoms with Crippen molar-refractivity contribution in [3.05, 3.63) is 47.0 Å². The fourth-order valence-electron chi connectivity index (χ4n) is 2.08. The van der Waals surface area contributed by atoms with Gasteiger partial charge in [0.1, 0.15) is 11.4 Å². The average Bonchev–Trinajstić information content (AvgIpc) is 2.45. The van der Waals surface area contributed by atoms with Crippen LogP contribution in [0.5, 0.6) is 11.5 Å². The van der Waals surface area contributed by atoms with Gasteiger partial charge in [-0.2, -0.15) is 0 Å². The van der Waals surface area contributed by atoms with E-state index in [2.05, 4.69) is 29.1 Å². The van der Waals surface area contributed by atoms with Gasteiger partial charge >= 0.3 is 0 Å². The second kappa shape index (κ2) is 5.82. The summed E-state index contributed by atoms with van der Waals surface area (Å²) in [6.07, 6.45) is 1.78. The van der Waals surface area contributed by atoms with Crippen LogP contribution in [0.1, 0.15) is 36.5 Å².